The molecule has 0 unspecified atom stereocenters. The predicted octanol–water partition coefficient (Wildman–Crippen LogP) is 9.65. The van der Waals surface area contributed by atoms with E-state index in [4.69, 9.17) is 28.4 Å². The molecule has 0 heterocycles. The van der Waals surface area contributed by atoms with Crippen LogP contribution in [0.15, 0.2) is 106 Å². The van der Waals surface area contributed by atoms with E-state index < -0.39 is 36.7 Å². The van der Waals surface area contributed by atoms with Gasteiger partial charge in [-0.25, -0.2) is 58.1 Å². The Morgan fingerprint density at radius 1 is 0.407 bits per heavy atom. The van der Waals surface area contributed by atoms with Gasteiger partial charge in [0.15, 0.2) is 0 Å². The number of hydrogen-bond acceptors (Lipinski definition) is 21. The summed E-state index contributed by atoms with van der Waals surface area (Å²) < 4.78 is 31.6. The van der Waals surface area contributed by atoms with Crippen LogP contribution in [-0.4, -0.2) is 159 Å². The van der Waals surface area contributed by atoms with E-state index in [9.17, 15) is 58.5 Å². The first-order valence-electron chi connectivity index (χ1n) is 24.9. The number of ether oxygens (including phenoxy) is 6. The van der Waals surface area contributed by atoms with Crippen molar-refractivity contribution in [1.29, 1.82) is 0 Å². The second-order valence-corrected chi connectivity index (χ2v) is 20.6. The molecule has 432 valence electrons. The molecule has 3 N–H and O–H groups in total. The van der Waals surface area contributed by atoms with Crippen molar-refractivity contribution in [1.82, 2.24) is 14.7 Å². The molecule has 0 spiro atoms. The lowest BCUT2D eigenvalue weighted by Gasteiger charge is -2.19. The van der Waals surface area contributed by atoms with E-state index in [2.05, 4.69) is 15.0 Å². The predicted molar refractivity (Wildman–Crippen MR) is 298 cm³/mol. The Morgan fingerprint density at radius 2 is 0.679 bits per heavy atom. The molecule has 24 nitrogen and oxygen atoms in total. The van der Waals surface area contributed by atoms with Crippen LogP contribution in [0.25, 0.3) is 0 Å². The Bertz CT molecular complexity index is 2530. The van der Waals surface area contributed by atoms with Crippen LogP contribution in [0.3, 0.4) is 0 Å². The van der Waals surface area contributed by atoms with Crippen molar-refractivity contribution in [3.63, 3.8) is 0 Å². The SMILES string of the molecule is O=C=NCc1cccc(CN(CCSCCCOC(=O)Oc2cc(OC(=O)OCCCSCCN(Cc3cccc(CN=C=O)c3)C(=O)O)cc(OC(=O)OCCCSCCN(Cc3cccc(CN=C=O)c3)C(=O)O)c2)C(=O)O)c1. The quantitative estimate of drug-likeness (QED) is 0.00952. The minimum absolute atomic E-state index is 0.0706. The number of rotatable bonds is 36. The van der Waals surface area contributed by atoms with Gasteiger partial charge in [-0.15, -0.1) is 0 Å². The number of carbonyl (C=O) groups excluding carboxylic acids is 6. The van der Waals surface area contributed by atoms with E-state index in [-0.39, 0.29) is 96.0 Å². The molecule has 0 saturated heterocycles. The fourth-order valence-electron chi connectivity index (χ4n) is 7.12. The number of thioether (sulfide) groups is 3. The summed E-state index contributed by atoms with van der Waals surface area (Å²) in [6, 6.07) is 24.7. The van der Waals surface area contributed by atoms with E-state index in [0.29, 0.717) is 53.8 Å². The minimum atomic E-state index is -1.13. The first kappa shape index (κ1) is 65.2. The largest absolute Gasteiger partial charge is 0.513 e. The van der Waals surface area contributed by atoms with Gasteiger partial charge in [0.1, 0.15) is 17.2 Å². The molecule has 0 radical (unpaired) electrons. The molecule has 27 heteroatoms. The van der Waals surface area contributed by atoms with Gasteiger partial charge in [0.05, 0.1) is 39.5 Å². The minimum Gasteiger partial charge on any atom is -0.465 e. The van der Waals surface area contributed by atoms with E-state index in [1.54, 1.807) is 72.8 Å². The topological polar surface area (TPSA) is 316 Å². The molecule has 4 aromatic rings. The summed E-state index contributed by atoms with van der Waals surface area (Å²) in [6.07, 6.45) is -1.12. The van der Waals surface area contributed by atoms with Crippen molar-refractivity contribution < 1.29 is 86.9 Å². The molecule has 0 aliphatic rings. The molecule has 0 bridgehead atoms. The highest BCUT2D eigenvalue weighted by Gasteiger charge is 2.18. The maximum absolute atomic E-state index is 12.8. The van der Waals surface area contributed by atoms with Crippen LogP contribution in [0.5, 0.6) is 17.2 Å². The van der Waals surface area contributed by atoms with Gasteiger partial charge in [0, 0.05) is 74.7 Å². The maximum Gasteiger partial charge on any atom is 0.513 e. The molecule has 0 saturated carbocycles. The first-order chi connectivity index (χ1) is 39.2. The molecular formula is C54H60N6O18S3. The molecule has 4 aromatic carbocycles. The second-order valence-electron chi connectivity index (χ2n) is 16.9. The standard InChI is InChI=1S/C54H60N6O18S3/c61-37-55-31-40-7-1-10-43(25-40)34-58(49(64)65)13-22-79-19-4-16-73-52(70)76-46-28-47(77-53(71)74-17-5-20-80-23-14-59(50(66)67)35-44-11-2-8-41(26-44)32-56-38-62)30-48(29-46)78-54(72)75-18-6-21-81-24-15-60(51(68)69)36-45-12-3-9-42(27-45)33-57-39-63/h1-3,7-12,25-30H,4-6,13-24,31-36H2,(H,64,65)(H,66,67)(H,68,69). The summed E-state index contributed by atoms with van der Waals surface area (Å²) in [5, 5.41) is 29.2. The van der Waals surface area contributed by atoms with Gasteiger partial charge in [-0.3, -0.25) is 0 Å². The third-order valence-electron chi connectivity index (χ3n) is 10.8. The number of carboxylic acid groups (broad SMARTS) is 3. The third kappa shape index (κ3) is 27.9. The van der Waals surface area contributed by atoms with Gasteiger partial charge in [-0.1, -0.05) is 72.8 Å². The van der Waals surface area contributed by atoms with E-state index in [1.165, 1.54) is 68.2 Å². The van der Waals surface area contributed by atoms with Crippen molar-refractivity contribution >= 4 is 90.3 Å². The summed E-state index contributed by atoms with van der Waals surface area (Å²) in [7, 11) is 0. The van der Waals surface area contributed by atoms with Crippen LogP contribution >= 0.6 is 35.3 Å². The Balaban J connectivity index is 1.24. The number of aliphatic imine (C=N–C) groups is 3. The molecular weight excluding hydrogens is 1120 g/mol. The van der Waals surface area contributed by atoms with Crippen molar-refractivity contribution in [3.05, 3.63) is 124 Å². The highest BCUT2D eigenvalue weighted by Crippen LogP contribution is 2.29. The Hall–Kier alpha value is -8.31. The van der Waals surface area contributed by atoms with E-state index >= 15 is 0 Å². The number of benzene rings is 4. The Kier molecular flexibility index (Phi) is 30.8. The molecule has 0 aromatic heterocycles. The van der Waals surface area contributed by atoms with Crippen LogP contribution in [0.4, 0.5) is 28.8 Å². The van der Waals surface area contributed by atoms with E-state index in [0.717, 1.165) is 51.6 Å². The van der Waals surface area contributed by atoms with Gasteiger partial charge in [0.25, 0.3) is 0 Å². The zero-order valence-electron chi connectivity index (χ0n) is 43.9. The third-order valence-corrected chi connectivity index (χ3v) is 14.0. The van der Waals surface area contributed by atoms with Crippen LogP contribution < -0.4 is 14.2 Å². The normalized spacial score (nSPS) is 10.4. The van der Waals surface area contributed by atoms with Crippen LogP contribution in [-0.2, 0) is 67.9 Å². The molecule has 3 amide bonds. The molecule has 0 aliphatic carbocycles. The fraction of sp³-hybridized carbons (Fsp3) is 0.389. The number of nitrogens with zero attached hydrogens (tertiary/aromatic N) is 6. The lowest BCUT2D eigenvalue weighted by atomic mass is 10.1. The molecule has 4 rings (SSSR count). The summed E-state index contributed by atoms with van der Waals surface area (Å²) in [6.45, 7) is 1.24. The lowest BCUT2D eigenvalue weighted by Crippen LogP contribution is -2.31. The Morgan fingerprint density at radius 3 is 0.938 bits per heavy atom. The van der Waals surface area contributed by atoms with Crippen molar-refractivity contribution in [2.75, 3.05) is 74.0 Å². The summed E-state index contributed by atoms with van der Waals surface area (Å²) in [4.78, 5) is 120. The van der Waals surface area contributed by atoms with Crippen molar-refractivity contribution in [2.24, 2.45) is 15.0 Å². The summed E-state index contributed by atoms with van der Waals surface area (Å²) >= 11 is 4.33. The van der Waals surface area contributed by atoms with Gasteiger partial charge < -0.3 is 58.4 Å². The van der Waals surface area contributed by atoms with E-state index in [1.807, 2.05) is 0 Å². The second kappa shape index (κ2) is 38.3. The summed E-state index contributed by atoms with van der Waals surface area (Å²) in [5.41, 5.74) is 4.43. The number of hydrogen-bond donors (Lipinski definition) is 3. The lowest BCUT2D eigenvalue weighted by molar-refractivity contribution is 0.0964. The smallest absolute Gasteiger partial charge is 0.465 e. The zero-order chi connectivity index (χ0) is 58.5. The average molecular weight is 1180 g/mol. The highest BCUT2D eigenvalue weighted by molar-refractivity contribution is 7.99. The van der Waals surface area contributed by atoms with Gasteiger partial charge >= 0.3 is 36.7 Å². The van der Waals surface area contributed by atoms with Crippen LogP contribution in [0.1, 0.15) is 52.6 Å². The first-order valence-corrected chi connectivity index (χ1v) is 28.4. The van der Waals surface area contributed by atoms with Crippen molar-refractivity contribution in [2.45, 2.75) is 58.5 Å². The number of isocyanates is 3. The Labute approximate surface area is 478 Å². The number of amides is 3. The maximum atomic E-state index is 12.8. The van der Waals surface area contributed by atoms with Gasteiger partial charge in [0.2, 0.25) is 18.2 Å². The monoisotopic (exact) mass is 1180 g/mol. The molecule has 0 fully saturated rings. The van der Waals surface area contributed by atoms with Crippen molar-refractivity contribution in [3.8, 4) is 17.2 Å². The molecule has 0 aliphatic heterocycles. The average Bonchev–Trinajstić information content (AvgIpc) is 3.48. The van der Waals surface area contributed by atoms with Gasteiger partial charge in [-0.05, 0) is 69.9 Å². The molecule has 81 heavy (non-hydrogen) atoms. The summed E-state index contributed by atoms with van der Waals surface area (Å²) in [5.74, 6) is 2.15. The number of carbonyl (C=O) groups is 6. The van der Waals surface area contributed by atoms with Gasteiger partial charge in [-0.2, -0.15) is 35.3 Å². The zero-order valence-corrected chi connectivity index (χ0v) is 46.3. The van der Waals surface area contributed by atoms with Crippen LogP contribution in [0.2, 0.25) is 0 Å². The van der Waals surface area contributed by atoms with Crippen LogP contribution in [0, 0.1) is 0 Å². The highest BCUT2D eigenvalue weighted by atomic mass is 32.2. The fourth-order valence-corrected chi connectivity index (χ4v) is 9.74. The molecule has 0 atom stereocenters.